The first-order valence-corrected chi connectivity index (χ1v) is 12.0. The van der Waals surface area contributed by atoms with Gasteiger partial charge in [-0.3, -0.25) is 19.7 Å². The largest absolute Gasteiger partial charge is 0.495 e. The Morgan fingerprint density at radius 3 is 2.44 bits per heavy atom. The van der Waals surface area contributed by atoms with Gasteiger partial charge in [-0.25, -0.2) is 9.69 Å². The van der Waals surface area contributed by atoms with Crippen molar-refractivity contribution in [1.29, 1.82) is 0 Å². The first-order chi connectivity index (χ1) is 18.7. The molecule has 1 aliphatic rings. The normalized spacial score (nSPS) is 14.2. The number of halogens is 1. The maximum absolute atomic E-state index is 13.2. The van der Waals surface area contributed by atoms with Crippen LogP contribution in [0.3, 0.4) is 0 Å². The van der Waals surface area contributed by atoms with Gasteiger partial charge in [0.15, 0.2) is 18.1 Å². The Labute approximate surface area is 229 Å². The molecule has 0 unspecified atom stereocenters. The Balaban J connectivity index is 1.52. The number of methoxy groups -OCH3 is 2. The molecule has 0 spiro atoms. The Morgan fingerprint density at radius 1 is 0.974 bits per heavy atom. The van der Waals surface area contributed by atoms with Crippen LogP contribution in [0.5, 0.6) is 17.2 Å². The van der Waals surface area contributed by atoms with Gasteiger partial charge in [-0.1, -0.05) is 35.9 Å². The second kappa shape index (κ2) is 11.7. The molecule has 4 rings (SSSR count). The average Bonchev–Trinajstić information content (AvgIpc) is 2.92. The summed E-state index contributed by atoms with van der Waals surface area (Å²) in [6.07, 6.45) is 1.33. The minimum Gasteiger partial charge on any atom is -0.495 e. The van der Waals surface area contributed by atoms with Gasteiger partial charge in [0.2, 0.25) is 0 Å². The highest BCUT2D eigenvalue weighted by Gasteiger charge is 2.37. The van der Waals surface area contributed by atoms with Gasteiger partial charge in [0.1, 0.15) is 11.3 Å². The van der Waals surface area contributed by atoms with E-state index in [1.807, 2.05) is 0 Å². The fourth-order valence-corrected chi connectivity index (χ4v) is 3.92. The van der Waals surface area contributed by atoms with Crippen LogP contribution in [0.4, 0.5) is 16.2 Å². The first-order valence-electron chi connectivity index (χ1n) is 11.6. The Hall–Kier alpha value is -4.83. The summed E-state index contributed by atoms with van der Waals surface area (Å²) in [5.41, 5.74) is 1.65. The number of hydrogen-bond acceptors (Lipinski definition) is 7. The van der Waals surface area contributed by atoms with Crippen molar-refractivity contribution in [3.05, 3.63) is 82.4 Å². The summed E-state index contributed by atoms with van der Waals surface area (Å²) in [4.78, 5) is 51.4. The van der Waals surface area contributed by atoms with Crippen molar-refractivity contribution in [2.45, 2.75) is 6.92 Å². The highest BCUT2D eigenvalue weighted by Crippen LogP contribution is 2.31. The molecule has 1 saturated heterocycles. The van der Waals surface area contributed by atoms with Gasteiger partial charge in [0.25, 0.3) is 17.7 Å². The molecule has 0 aromatic heterocycles. The number of aryl methyl sites for hydroxylation is 1. The number of benzene rings is 3. The second-order valence-electron chi connectivity index (χ2n) is 8.34. The SMILES string of the molecule is COc1ccccc1NC(=O)COc1ccc(/C=C2\C(=O)NC(=O)N(c3ccc(C)c(Cl)c3)C2=O)cc1OC. The number of rotatable bonds is 8. The van der Waals surface area contributed by atoms with Crippen LogP contribution in [0.15, 0.2) is 66.2 Å². The molecule has 2 N–H and O–H groups in total. The van der Waals surface area contributed by atoms with E-state index in [1.54, 1.807) is 49.4 Å². The van der Waals surface area contributed by atoms with Crippen LogP contribution < -0.4 is 29.7 Å². The molecule has 5 amide bonds. The molecule has 0 atom stereocenters. The number of carbonyl (C=O) groups is 4. The Morgan fingerprint density at radius 2 is 1.72 bits per heavy atom. The van der Waals surface area contributed by atoms with Crippen molar-refractivity contribution in [3.63, 3.8) is 0 Å². The van der Waals surface area contributed by atoms with Gasteiger partial charge in [-0.15, -0.1) is 0 Å². The van der Waals surface area contributed by atoms with E-state index in [4.69, 9.17) is 25.8 Å². The van der Waals surface area contributed by atoms with Crippen LogP contribution in [0.2, 0.25) is 5.02 Å². The topological polar surface area (TPSA) is 123 Å². The maximum atomic E-state index is 13.2. The van der Waals surface area contributed by atoms with Gasteiger partial charge in [0.05, 0.1) is 25.6 Å². The summed E-state index contributed by atoms with van der Waals surface area (Å²) in [5.74, 6) is -1.04. The Bertz CT molecular complexity index is 1500. The highest BCUT2D eigenvalue weighted by atomic mass is 35.5. The highest BCUT2D eigenvalue weighted by molar-refractivity contribution is 6.39. The minimum atomic E-state index is -0.880. The molecule has 200 valence electrons. The van der Waals surface area contributed by atoms with Gasteiger partial charge in [-0.05, 0) is 60.5 Å². The van der Waals surface area contributed by atoms with Crippen molar-refractivity contribution in [2.24, 2.45) is 0 Å². The third kappa shape index (κ3) is 6.02. The molecule has 39 heavy (non-hydrogen) atoms. The lowest BCUT2D eigenvalue weighted by atomic mass is 10.1. The second-order valence-corrected chi connectivity index (χ2v) is 8.75. The monoisotopic (exact) mass is 549 g/mol. The van der Waals surface area contributed by atoms with E-state index in [-0.39, 0.29) is 29.4 Å². The van der Waals surface area contributed by atoms with Crippen LogP contribution in [0.1, 0.15) is 11.1 Å². The zero-order valence-corrected chi connectivity index (χ0v) is 22.0. The van der Waals surface area contributed by atoms with Crippen LogP contribution in [-0.4, -0.2) is 44.6 Å². The van der Waals surface area contributed by atoms with Gasteiger partial charge in [-0.2, -0.15) is 0 Å². The van der Waals surface area contributed by atoms with E-state index in [0.29, 0.717) is 22.0 Å². The van der Waals surface area contributed by atoms with Gasteiger partial charge >= 0.3 is 6.03 Å². The van der Waals surface area contributed by atoms with Crippen molar-refractivity contribution >= 4 is 52.8 Å². The van der Waals surface area contributed by atoms with Crippen LogP contribution >= 0.6 is 11.6 Å². The number of hydrogen-bond donors (Lipinski definition) is 2. The molecule has 0 aliphatic carbocycles. The van der Waals surface area contributed by atoms with Crippen LogP contribution in [0, 0.1) is 6.92 Å². The molecule has 1 aliphatic heterocycles. The lowest BCUT2D eigenvalue weighted by Gasteiger charge is -2.26. The molecular formula is C28H24ClN3O7. The van der Waals surface area contributed by atoms with E-state index in [1.165, 1.54) is 38.5 Å². The van der Waals surface area contributed by atoms with Crippen LogP contribution in [0.25, 0.3) is 6.08 Å². The summed E-state index contributed by atoms with van der Waals surface area (Å²) in [7, 11) is 2.91. The number of carbonyl (C=O) groups excluding carboxylic acids is 4. The molecule has 0 bridgehead atoms. The number of urea groups is 1. The fraction of sp³-hybridized carbons (Fsp3) is 0.143. The Kier molecular flexibility index (Phi) is 8.16. The fourth-order valence-electron chi connectivity index (χ4n) is 3.75. The summed E-state index contributed by atoms with van der Waals surface area (Å²) in [6, 6.07) is 15.4. The zero-order valence-electron chi connectivity index (χ0n) is 21.2. The summed E-state index contributed by atoms with van der Waals surface area (Å²) < 4.78 is 16.2. The lowest BCUT2D eigenvalue weighted by molar-refractivity contribution is -0.122. The molecular weight excluding hydrogens is 526 g/mol. The first kappa shape index (κ1) is 27.2. The predicted molar refractivity (Wildman–Crippen MR) is 145 cm³/mol. The molecule has 1 heterocycles. The predicted octanol–water partition coefficient (Wildman–Crippen LogP) is 4.35. The number of nitrogens with zero attached hydrogens (tertiary/aromatic N) is 1. The van der Waals surface area contributed by atoms with E-state index in [2.05, 4.69) is 10.6 Å². The number of ether oxygens (including phenoxy) is 3. The van der Waals surface area contributed by atoms with E-state index >= 15 is 0 Å². The average molecular weight is 550 g/mol. The number of amides is 5. The summed E-state index contributed by atoms with van der Waals surface area (Å²) in [5, 5.41) is 5.25. The zero-order chi connectivity index (χ0) is 28.1. The maximum Gasteiger partial charge on any atom is 0.335 e. The lowest BCUT2D eigenvalue weighted by Crippen LogP contribution is -2.54. The van der Waals surface area contributed by atoms with E-state index < -0.39 is 23.8 Å². The van der Waals surface area contributed by atoms with Crippen molar-refractivity contribution in [1.82, 2.24) is 5.32 Å². The standard InChI is InChI=1S/C28H24ClN3O7/c1-16-8-10-18(14-20(16)29)32-27(35)19(26(34)31-28(32)36)12-17-9-11-23(24(13-17)38-3)39-15-25(33)30-21-6-4-5-7-22(21)37-2/h4-14H,15H2,1-3H3,(H,30,33)(H,31,34,36)/b19-12+. The molecule has 0 saturated carbocycles. The summed E-state index contributed by atoms with van der Waals surface area (Å²) >= 11 is 6.16. The van der Waals surface area contributed by atoms with E-state index in [0.717, 1.165) is 10.5 Å². The van der Waals surface area contributed by atoms with Crippen LogP contribution in [-0.2, 0) is 14.4 Å². The number of para-hydroxylation sites is 2. The molecule has 1 fully saturated rings. The number of nitrogens with one attached hydrogen (secondary N) is 2. The van der Waals surface area contributed by atoms with Crippen molar-refractivity contribution in [3.8, 4) is 17.2 Å². The van der Waals surface area contributed by atoms with Gasteiger partial charge < -0.3 is 19.5 Å². The molecule has 3 aromatic rings. The molecule has 3 aromatic carbocycles. The van der Waals surface area contributed by atoms with Gasteiger partial charge in [0, 0.05) is 5.02 Å². The van der Waals surface area contributed by atoms with E-state index in [9.17, 15) is 19.2 Å². The molecule has 10 nitrogen and oxygen atoms in total. The smallest absolute Gasteiger partial charge is 0.335 e. The third-order valence-corrected chi connectivity index (χ3v) is 6.16. The van der Waals surface area contributed by atoms with Crippen molar-refractivity contribution < 1.29 is 33.4 Å². The number of barbiturate groups is 1. The number of anilines is 2. The molecule has 0 radical (unpaired) electrons. The quantitative estimate of drug-likeness (QED) is 0.316. The van der Waals surface area contributed by atoms with Crippen molar-refractivity contribution in [2.75, 3.05) is 31.0 Å². The summed E-state index contributed by atoms with van der Waals surface area (Å²) in [6.45, 7) is 1.47. The minimum absolute atomic E-state index is 0.222. The third-order valence-electron chi connectivity index (χ3n) is 5.75. The number of imide groups is 2. The molecule has 11 heteroatoms.